The van der Waals surface area contributed by atoms with Crippen molar-refractivity contribution in [1.29, 1.82) is 0 Å². The van der Waals surface area contributed by atoms with E-state index in [4.69, 9.17) is 17.3 Å². The van der Waals surface area contributed by atoms with Crippen molar-refractivity contribution in [2.75, 3.05) is 17.7 Å². The van der Waals surface area contributed by atoms with Crippen molar-refractivity contribution < 1.29 is 8.42 Å². The Hall–Kier alpha value is -0.430. The second-order valence-electron chi connectivity index (χ2n) is 3.67. The van der Waals surface area contributed by atoms with Crippen LogP contribution in [0.1, 0.15) is 6.92 Å². The molecule has 0 spiro atoms. The quantitative estimate of drug-likeness (QED) is 0.814. The molecule has 1 atom stereocenters. The summed E-state index contributed by atoms with van der Waals surface area (Å²) >= 11 is 7.44. The summed E-state index contributed by atoms with van der Waals surface area (Å²) in [5, 5.41) is 0.133. The number of nitrogens with one attached hydrogen (secondary N) is 1. The highest BCUT2D eigenvalue weighted by Crippen LogP contribution is 2.23. The molecule has 0 saturated carbocycles. The van der Waals surface area contributed by atoms with Gasteiger partial charge in [-0.2, -0.15) is 11.8 Å². The Labute approximate surface area is 111 Å². The second kappa shape index (κ2) is 5.95. The van der Waals surface area contributed by atoms with Crippen LogP contribution in [0.3, 0.4) is 0 Å². The second-order valence-corrected chi connectivity index (χ2v) is 6.67. The van der Waals surface area contributed by atoms with Crippen LogP contribution in [0, 0.1) is 0 Å². The topological polar surface area (TPSA) is 72.2 Å². The van der Waals surface area contributed by atoms with Gasteiger partial charge in [0.25, 0.3) is 0 Å². The number of nitrogen functional groups attached to an aromatic ring is 1. The standard InChI is InChI=1S/C10H15ClN2O2S2/c1-7(6-16-2)13-17(14,15)10-4-3-8(12)5-9(10)11/h3-5,7,13H,6,12H2,1-2H3. The van der Waals surface area contributed by atoms with E-state index < -0.39 is 10.0 Å². The van der Waals surface area contributed by atoms with Gasteiger partial charge in [-0.15, -0.1) is 0 Å². The van der Waals surface area contributed by atoms with Crippen LogP contribution in [0.5, 0.6) is 0 Å². The van der Waals surface area contributed by atoms with E-state index in [0.717, 1.165) is 0 Å². The van der Waals surface area contributed by atoms with E-state index in [1.165, 1.54) is 18.2 Å². The Morgan fingerprint density at radius 1 is 1.53 bits per heavy atom. The van der Waals surface area contributed by atoms with Gasteiger partial charge in [0.1, 0.15) is 4.90 Å². The molecule has 0 aliphatic heterocycles. The molecule has 0 fully saturated rings. The highest BCUT2D eigenvalue weighted by Gasteiger charge is 2.20. The smallest absolute Gasteiger partial charge is 0.242 e. The predicted molar refractivity (Wildman–Crippen MR) is 74.0 cm³/mol. The molecule has 0 bridgehead atoms. The average Bonchev–Trinajstić information content (AvgIpc) is 2.15. The molecule has 17 heavy (non-hydrogen) atoms. The lowest BCUT2D eigenvalue weighted by Gasteiger charge is -2.14. The summed E-state index contributed by atoms with van der Waals surface area (Å²) in [6, 6.07) is 4.20. The average molecular weight is 295 g/mol. The zero-order valence-electron chi connectivity index (χ0n) is 9.60. The lowest BCUT2D eigenvalue weighted by molar-refractivity contribution is 0.571. The number of rotatable bonds is 5. The van der Waals surface area contributed by atoms with Gasteiger partial charge in [0.15, 0.2) is 0 Å². The predicted octanol–water partition coefficient (Wildman–Crippen LogP) is 1.95. The molecule has 1 aromatic carbocycles. The van der Waals surface area contributed by atoms with E-state index in [-0.39, 0.29) is 16.0 Å². The van der Waals surface area contributed by atoms with Crippen molar-refractivity contribution in [2.45, 2.75) is 17.9 Å². The van der Waals surface area contributed by atoms with Crippen molar-refractivity contribution in [3.8, 4) is 0 Å². The van der Waals surface area contributed by atoms with Gasteiger partial charge in [-0.1, -0.05) is 11.6 Å². The number of hydrogen-bond acceptors (Lipinski definition) is 4. The Morgan fingerprint density at radius 3 is 2.71 bits per heavy atom. The number of nitrogens with two attached hydrogens (primary N) is 1. The zero-order chi connectivity index (χ0) is 13.1. The van der Waals surface area contributed by atoms with Crippen molar-refractivity contribution in [3.63, 3.8) is 0 Å². The molecule has 0 heterocycles. The third-order valence-corrected chi connectivity index (χ3v) is 4.92. The van der Waals surface area contributed by atoms with Gasteiger partial charge in [-0.05, 0) is 31.4 Å². The molecule has 0 aromatic heterocycles. The zero-order valence-corrected chi connectivity index (χ0v) is 12.0. The van der Waals surface area contributed by atoms with Crippen molar-refractivity contribution in [1.82, 2.24) is 4.72 Å². The van der Waals surface area contributed by atoms with Crippen molar-refractivity contribution in [3.05, 3.63) is 23.2 Å². The molecular weight excluding hydrogens is 280 g/mol. The van der Waals surface area contributed by atoms with Crippen LogP contribution in [-0.2, 0) is 10.0 Å². The third kappa shape index (κ3) is 4.06. The van der Waals surface area contributed by atoms with Crippen LogP contribution in [0.15, 0.2) is 23.1 Å². The molecular formula is C10H15ClN2O2S2. The van der Waals surface area contributed by atoms with Gasteiger partial charge >= 0.3 is 0 Å². The molecule has 0 aliphatic carbocycles. The Bertz CT molecular complexity index is 491. The SMILES string of the molecule is CSCC(C)NS(=O)(=O)c1ccc(N)cc1Cl. The summed E-state index contributed by atoms with van der Waals surface area (Å²) < 4.78 is 26.6. The molecule has 96 valence electrons. The maximum Gasteiger partial charge on any atom is 0.242 e. The first kappa shape index (κ1) is 14.6. The molecule has 4 nitrogen and oxygen atoms in total. The fraction of sp³-hybridized carbons (Fsp3) is 0.400. The molecule has 1 aromatic rings. The minimum absolute atomic E-state index is 0.0568. The minimum atomic E-state index is -3.58. The van der Waals surface area contributed by atoms with Crippen LogP contribution < -0.4 is 10.5 Å². The third-order valence-electron chi connectivity index (χ3n) is 2.02. The number of halogens is 1. The normalized spacial score (nSPS) is 13.6. The van der Waals surface area contributed by atoms with Crippen molar-refractivity contribution >= 4 is 39.1 Å². The molecule has 0 saturated heterocycles. The summed E-state index contributed by atoms with van der Waals surface area (Å²) in [6.45, 7) is 1.80. The van der Waals surface area contributed by atoms with Crippen LogP contribution in [0.25, 0.3) is 0 Å². The molecule has 1 unspecified atom stereocenters. The minimum Gasteiger partial charge on any atom is -0.399 e. The first-order chi connectivity index (χ1) is 7.86. The first-order valence-electron chi connectivity index (χ1n) is 4.93. The lowest BCUT2D eigenvalue weighted by Crippen LogP contribution is -2.34. The summed E-state index contributed by atoms with van der Waals surface area (Å²) in [5.74, 6) is 0.700. The summed E-state index contributed by atoms with van der Waals surface area (Å²) in [6.07, 6.45) is 1.92. The molecule has 0 radical (unpaired) electrons. The Morgan fingerprint density at radius 2 is 2.18 bits per heavy atom. The van der Waals surface area contributed by atoms with Gasteiger partial charge in [-0.3, -0.25) is 0 Å². The van der Waals surface area contributed by atoms with Crippen molar-refractivity contribution in [2.24, 2.45) is 0 Å². The maximum absolute atomic E-state index is 12.0. The Balaban J connectivity index is 2.97. The molecule has 0 aliphatic rings. The van der Waals surface area contributed by atoms with Crippen LogP contribution in [0.4, 0.5) is 5.69 Å². The van der Waals surface area contributed by atoms with E-state index in [1.807, 2.05) is 6.26 Å². The summed E-state index contributed by atoms with van der Waals surface area (Å²) in [7, 11) is -3.58. The van der Waals surface area contributed by atoms with Gasteiger partial charge in [-0.25, -0.2) is 13.1 Å². The van der Waals surface area contributed by atoms with E-state index in [2.05, 4.69) is 4.72 Å². The van der Waals surface area contributed by atoms with Gasteiger partial charge in [0, 0.05) is 17.5 Å². The monoisotopic (exact) mass is 294 g/mol. The fourth-order valence-corrected chi connectivity index (χ4v) is 3.83. The fourth-order valence-electron chi connectivity index (χ4n) is 1.35. The van der Waals surface area contributed by atoms with Crippen LogP contribution >= 0.6 is 23.4 Å². The Kier molecular flexibility index (Phi) is 5.12. The number of sulfonamides is 1. The van der Waals surface area contributed by atoms with Gasteiger partial charge in [0.05, 0.1) is 5.02 Å². The largest absolute Gasteiger partial charge is 0.399 e. The molecule has 7 heteroatoms. The van der Waals surface area contributed by atoms with E-state index in [9.17, 15) is 8.42 Å². The molecule has 0 amide bonds. The summed E-state index contributed by atoms with van der Waals surface area (Å²) in [5.41, 5.74) is 5.95. The molecule has 1 rings (SSSR count). The highest BCUT2D eigenvalue weighted by atomic mass is 35.5. The maximum atomic E-state index is 12.0. The first-order valence-corrected chi connectivity index (χ1v) is 8.18. The van der Waals surface area contributed by atoms with E-state index >= 15 is 0 Å². The molecule has 3 N–H and O–H groups in total. The summed E-state index contributed by atoms with van der Waals surface area (Å²) in [4.78, 5) is 0.0568. The number of thioether (sulfide) groups is 1. The number of benzene rings is 1. The van der Waals surface area contributed by atoms with Crippen LogP contribution in [-0.4, -0.2) is 26.5 Å². The van der Waals surface area contributed by atoms with E-state index in [1.54, 1.807) is 18.7 Å². The lowest BCUT2D eigenvalue weighted by atomic mass is 10.3. The number of hydrogen-bond donors (Lipinski definition) is 2. The van der Waals surface area contributed by atoms with Gasteiger partial charge in [0.2, 0.25) is 10.0 Å². The number of anilines is 1. The van der Waals surface area contributed by atoms with Crippen LogP contribution in [0.2, 0.25) is 5.02 Å². The van der Waals surface area contributed by atoms with E-state index in [0.29, 0.717) is 11.4 Å². The van der Waals surface area contributed by atoms with Gasteiger partial charge < -0.3 is 5.73 Å². The highest BCUT2D eigenvalue weighted by molar-refractivity contribution is 7.98.